The van der Waals surface area contributed by atoms with Crippen LogP contribution in [0.1, 0.15) is 36.8 Å². The Morgan fingerprint density at radius 1 is 1.04 bits per heavy atom. The van der Waals surface area contributed by atoms with Gasteiger partial charge in [0, 0.05) is 18.7 Å². The lowest BCUT2D eigenvalue weighted by molar-refractivity contribution is -0.126. The SMILES string of the molecule is O=C(/C=C/c1cccc(OCc2ccccc2)c1)N(CC1CC1)C1CC1. The van der Waals surface area contributed by atoms with Crippen LogP contribution >= 0.6 is 0 Å². The molecule has 0 atom stereocenters. The molecule has 0 radical (unpaired) electrons. The first-order valence-corrected chi connectivity index (χ1v) is 9.53. The molecule has 26 heavy (non-hydrogen) atoms. The average Bonchev–Trinajstić information content (AvgIpc) is 3.57. The summed E-state index contributed by atoms with van der Waals surface area (Å²) in [6, 6.07) is 18.5. The van der Waals surface area contributed by atoms with Gasteiger partial charge in [0.2, 0.25) is 5.91 Å². The molecule has 0 heterocycles. The van der Waals surface area contributed by atoms with Crippen molar-refractivity contribution in [3.05, 3.63) is 71.8 Å². The molecular formula is C23H25NO2. The van der Waals surface area contributed by atoms with E-state index in [9.17, 15) is 4.79 Å². The Labute approximate surface area is 155 Å². The number of benzene rings is 2. The topological polar surface area (TPSA) is 29.5 Å². The smallest absolute Gasteiger partial charge is 0.246 e. The summed E-state index contributed by atoms with van der Waals surface area (Å²) in [7, 11) is 0. The van der Waals surface area contributed by atoms with Gasteiger partial charge in [-0.25, -0.2) is 0 Å². The maximum atomic E-state index is 12.6. The van der Waals surface area contributed by atoms with Gasteiger partial charge in [-0.15, -0.1) is 0 Å². The highest BCUT2D eigenvalue weighted by Gasteiger charge is 2.35. The predicted octanol–water partition coefficient (Wildman–Crippen LogP) is 4.68. The molecule has 2 aromatic carbocycles. The van der Waals surface area contributed by atoms with Crippen LogP contribution < -0.4 is 4.74 Å². The second-order valence-electron chi connectivity index (χ2n) is 7.35. The van der Waals surface area contributed by atoms with Crippen molar-refractivity contribution < 1.29 is 9.53 Å². The van der Waals surface area contributed by atoms with Crippen molar-refractivity contribution in [3.8, 4) is 5.75 Å². The summed E-state index contributed by atoms with van der Waals surface area (Å²) in [6.07, 6.45) is 8.50. The maximum Gasteiger partial charge on any atom is 0.246 e. The Bertz CT molecular complexity index is 776. The monoisotopic (exact) mass is 347 g/mol. The van der Waals surface area contributed by atoms with Crippen molar-refractivity contribution >= 4 is 12.0 Å². The largest absolute Gasteiger partial charge is 0.489 e. The van der Waals surface area contributed by atoms with Gasteiger partial charge in [-0.2, -0.15) is 0 Å². The zero-order chi connectivity index (χ0) is 17.8. The molecule has 0 aliphatic heterocycles. The molecule has 0 spiro atoms. The van der Waals surface area contributed by atoms with Crippen LogP contribution in [0.3, 0.4) is 0 Å². The van der Waals surface area contributed by atoms with Crippen molar-refractivity contribution in [2.24, 2.45) is 5.92 Å². The van der Waals surface area contributed by atoms with E-state index in [0.29, 0.717) is 12.6 Å². The van der Waals surface area contributed by atoms with Gasteiger partial charge in [0.1, 0.15) is 12.4 Å². The number of amides is 1. The van der Waals surface area contributed by atoms with E-state index < -0.39 is 0 Å². The fraction of sp³-hybridized carbons (Fsp3) is 0.348. The summed E-state index contributed by atoms with van der Waals surface area (Å²) >= 11 is 0. The van der Waals surface area contributed by atoms with E-state index in [1.807, 2.05) is 48.5 Å². The molecule has 0 bridgehead atoms. The Morgan fingerprint density at radius 2 is 1.85 bits per heavy atom. The first-order chi connectivity index (χ1) is 12.8. The minimum absolute atomic E-state index is 0.148. The first kappa shape index (κ1) is 16.9. The molecule has 2 aromatic rings. The van der Waals surface area contributed by atoms with Gasteiger partial charge in [-0.05, 0) is 60.9 Å². The van der Waals surface area contributed by atoms with Crippen molar-refractivity contribution in [3.63, 3.8) is 0 Å². The van der Waals surface area contributed by atoms with Crippen LogP contribution in [0.5, 0.6) is 5.75 Å². The number of hydrogen-bond donors (Lipinski definition) is 0. The highest BCUT2D eigenvalue weighted by atomic mass is 16.5. The molecule has 0 saturated heterocycles. The van der Waals surface area contributed by atoms with Crippen LogP contribution in [0, 0.1) is 5.92 Å². The zero-order valence-electron chi connectivity index (χ0n) is 15.0. The molecule has 0 unspecified atom stereocenters. The first-order valence-electron chi connectivity index (χ1n) is 9.53. The summed E-state index contributed by atoms with van der Waals surface area (Å²) in [5, 5.41) is 0. The second kappa shape index (κ2) is 7.77. The lowest BCUT2D eigenvalue weighted by Crippen LogP contribution is -2.33. The molecule has 0 aromatic heterocycles. The molecule has 2 aliphatic rings. The zero-order valence-corrected chi connectivity index (χ0v) is 15.0. The molecule has 3 heteroatoms. The summed E-state index contributed by atoms with van der Waals surface area (Å²) in [5.74, 6) is 1.71. The summed E-state index contributed by atoms with van der Waals surface area (Å²) in [4.78, 5) is 14.6. The van der Waals surface area contributed by atoms with Gasteiger partial charge in [-0.3, -0.25) is 4.79 Å². The van der Waals surface area contributed by atoms with Gasteiger partial charge in [0.15, 0.2) is 0 Å². The highest BCUT2D eigenvalue weighted by molar-refractivity contribution is 5.92. The molecule has 4 rings (SSSR count). The van der Waals surface area contributed by atoms with Gasteiger partial charge in [0.25, 0.3) is 0 Å². The van der Waals surface area contributed by atoms with Crippen molar-refractivity contribution in [1.82, 2.24) is 4.90 Å². The minimum atomic E-state index is 0.148. The normalized spacial score (nSPS) is 16.6. The fourth-order valence-corrected chi connectivity index (χ4v) is 3.10. The average molecular weight is 347 g/mol. The number of carbonyl (C=O) groups excluding carboxylic acids is 1. The highest BCUT2D eigenvalue weighted by Crippen LogP contribution is 2.35. The van der Waals surface area contributed by atoms with E-state index >= 15 is 0 Å². The number of hydrogen-bond acceptors (Lipinski definition) is 2. The molecule has 2 aliphatic carbocycles. The number of nitrogens with zero attached hydrogens (tertiary/aromatic N) is 1. The molecule has 134 valence electrons. The van der Waals surface area contributed by atoms with Crippen LogP contribution in [-0.2, 0) is 11.4 Å². The number of rotatable bonds is 8. The third-order valence-corrected chi connectivity index (χ3v) is 4.95. The van der Waals surface area contributed by atoms with Gasteiger partial charge < -0.3 is 9.64 Å². The molecule has 0 N–H and O–H groups in total. The number of carbonyl (C=O) groups is 1. The van der Waals surface area contributed by atoms with E-state index in [2.05, 4.69) is 17.0 Å². The Hall–Kier alpha value is -2.55. The van der Waals surface area contributed by atoms with Crippen LogP contribution in [0.4, 0.5) is 0 Å². The van der Waals surface area contributed by atoms with Crippen molar-refractivity contribution in [1.29, 1.82) is 0 Å². The van der Waals surface area contributed by atoms with E-state index in [0.717, 1.165) is 42.2 Å². The summed E-state index contributed by atoms with van der Waals surface area (Å²) in [5.41, 5.74) is 2.13. The van der Waals surface area contributed by atoms with E-state index in [4.69, 9.17) is 4.74 Å². The molecule has 2 fully saturated rings. The Morgan fingerprint density at radius 3 is 2.58 bits per heavy atom. The second-order valence-corrected chi connectivity index (χ2v) is 7.35. The van der Waals surface area contributed by atoms with Gasteiger partial charge in [0.05, 0.1) is 0 Å². The molecular weight excluding hydrogens is 322 g/mol. The quantitative estimate of drug-likeness (QED) is 0.649. The third-order valence-electron chi connectivity index (χ3n) is 4.95. The van der Waals surface area contributed by atoms with Crippen molar-refractivity contribution in [2.75, 3.05) is 6.54 Å². The lowest BCUT2D eigenvalue weighted by atomic mass is 10.2. The van der Waals surface area contributed by atoms with Crippen LogP contribution in [0.15, 0.2) is 60.7 Å². The fourth-order valence-electron chi connectivity index (χ4n) is 3.10. The van der Waals surface area contributed by atoms with E-state index in [-0.39, 0.29) is 5.91 Å². The Kier molecular flexibility index (Phi) is 5.05. The minimum Gasteiger partial charge on any atom is -0.489 e. The predicted molar refractivity (Wildman–Crippen MR) is 104 cm³/mol. The standard InChI is InChI=1S/C23H25NO2/c25-23(24(21-12-13-21)16-19-9-10-19)14-11-18-7-4-8-22(15-18)26-17-20-5-2-1-3-6-20/h1-8,11,14-15,19,21H,9-10,12-13,16-17H2/b14-11+. The van der Waals surface area contributed by atoms with Gasteiger partial charge in [-0.1, -0.05) is 42.5 Å². The lowest BCUT2D eigenvalue weighted by Gasteiger charge is -2.20. The maximum absolute atomic E-state index is 12.6. The number of ether oxygens (including phenoxy) is 1. The Balaban J connectivity index is 1.36. The van der Waals surface area contributed by atoms with E-state index in [1.54, 1.807) is 6.08 Å². The molecule has 1 amide bonds. The van der Waals surface area contributed by atoms with Crippen LogP contribution in [0.2, 0.25) is 0 Å². The van der Waals surface area contributed by atoms with Gasteiger partial charge >= 0.3 is 0 Å². The molecule has 2 saturated carbocycles. The molecule has 3 nitrogen and oxygen atoms in total. The summed E-state index contributed by atoms with van der Waals surface area (Å²) in [6.45, 7) is 1.48. The third kappa shape index (κ3) is 4.75. The summed E-state index contributed by atoms with van der Waals surface area (Å²) < 4.78 is 5.87. The van der Waals surface area contributed by atoms with Crippen LogP contribution in [0.25, 0.3) is 6.08 Å². The van der Waals surface area contributed by atoms with Crippen molar-refractivity contribution in [2.45, 2.75) is 38.3 Å². The van der Waals surface area contributed by atoms with E-state index in [1.165, 1.54) is 12.8 Å². The van der Waals surface area contributed by atoms with Crippen LogP contribution in [-0.4, -0.2) is 23.4 Å².